The lowest BCUT2D eigenvalue weighted by atomic mass is 10.0. The molecule has 0 fully saturated rings. The minimum Gasteiger partial charge on any atom is -0.365 e. The zero-order chi connectivity index (χ0) is 19.6. The third-order valence-electron chi connectivity index (χ3n) is 4.39. The summed E-state index contributed by atoms with van der Waals surface area (Å²) in [6, 6.07) is 11.9. The molecule has 2 amide bonds. The van der Waals surface area contributed by atoms with Crippen molar-refractivity contribution in [1.29, 1.82) is 0 Å². The van der Waals surface area contributed by atoms with Crippen molar-refractivity contribution in [2.24, 2.45) is 0 Å². The second-order valence-electron chi connectivity index (χ2n) is 6.11. The van der Waals surface area contributed by atoms with E-state index in [1.54, 1.807) is 36.2 Å². The number of hydrogen-bond acceptors (Lipinski definition) is 3. The fourth-order valence-electron chi connectivity index (χ4n) is 2.97. The number of thiocarbonyl (C=S) groups is 1. The molecular weight excluding hydrogens is 384 g/mol. The third kappa shape index (κ3) is 3.89. The SMILES string of the molecule is CNC(=S)N1c2ccccc2NC(=O)C1CC(=O)Nc1cccc(Cl)c1C. The van der Waals surface area contributed by atoms with Crippen LogP contribution in [0.15, 0.2) is 42.5 Å². The molecule has 0 aliphatic carbocycles. The fourth-order valence-corrected chi connectivity index (χ4v) is 3.37. The second-order valence-corrected chi connectivity index (χ2v) is 6.91. The molecule has 0 aromatic heterocycles. The Bertz CT molecular complexity index is 918. The maximum absolute atomic E-state index is 12.7. The number of carbonyl (C=O) groups is 2. The zero-order valence-electron chi connectivity index (χ0n) is 14.9. The summed E-state index contributed by atoms with van der Waals surface area (Å²) in [5, 5.41) is 9.49. The molecule has 2 aromatic carbocycles. The van der Waals surface area contributed by atoms with Crippen LogP contribution in [0.1, 0.15) is 12.0 Å². The van der Waals surface area contributed by atoms with Crippen molar-refractivity contribution < 1.29 is 9.59 Å². The van der Waals surface area contributed by atoms with Crippen molar-refractivity contribution >= 4 is 57.8 Å². The van der Waals surface area contributed by atoms with E-state index in [2.05, 4.69) is 16.0 Å². The molecule has 0 spiro atoms. The van der Waals surface area contributed by atoms with Crippen LogP contribution in [0.2, 0.25) is 5.02 Å². The molecule has 8 heteroatoms. The van der Waals surface area contributed by atoms with E-state index in [-0.39, 0.29) is 18.2 Å². The predicted octanol–water partition coefficient (Wildman–Crippen LogP) is 3.31. The van der Waals surface area contributed by atoms with Crippen LogP contribution < -0.4 is 20.9 Å². The highest BCUT2D eigenvalue weighted by molar-refractivity contribution is 7.80. The van der Waals surface area contributed by atoms with Crippen molar-refractivity contribution in [3.63, 3.8) is 0 Å². The zero-order valence-corrected chi connectivity index (χ0v) is 16.4. The maximum atomic E-state index is 12.7. The van der Waals surface area contributed by atoms with Gasteiger partial charge < -0.3 is 20.9 Å². The van der Waals surface area contributed by atoms with Crippen LogP contribution in [0, 0.1) is 6.92 Å². The molecule has 1 unspecified atom stereocenters. The van der Waals surface area contributed by atoms with Crippen molar-refractivity contribution in [2.45, 2.75) is 19.4 Å². The third-order valence-corrected chi connectivity index (χ3v) is 5.20. The Kier molecular flexibility index (Phi) is 5.62. The van der Waals surface area contributed by atoms with E-state index in [0.29, 0.717) is 21.5 Å². The Morgan fingerprint density at radius 3 is 2.74 bits per heavy atom. The van der Waals surface area contributed by atoms with Gasteiger partial charge in [-0.3, -0.25) is 9.59 Å². The molecule has 0 saturated heterocycles. The molecule has 1 aliphatic heterocycles. The van der Waals surface area contributed by atoms with E-state index < -0.39 is 6.04 Å². The summed E-state index contributed by atoms with van der Waals surface area (Å²) in [4.78, 5) is 27.0. The van der Waals surface area contributed by atoms with E-state index in [4.69, 9.17) is 23.8 Å². The largest absolute Gasteiger partial charge is 0.365 e. The molecule has 0 bridgehead atoms. The van der Waals surface area contributed by atoms with Gasteiger partial charge >= 0.3 is 0 Å². The van der Waals surface area contributed by atoms with E-state index in [0.717, 1.165) is 11.3 Å². The van der Waals surface area contributed by atoms with Gasteiger partial charge in [0, 0.05) is 17.8 Å². The fraction of sp³-hybridized carbons (Fsp3) is 0.211. The van der Waals surface area contributed by atoms with Crippen LogP contribution in [0.4, 0.5) is 17.1 Å². The van der Waals surface area contributed by atoms with Gasteiger partial charge in [0.15, 0.2) is 5.11 Å². The molecule has 140 valence electrons. The molecule has 0 saturated carbocycles. The van der Waals surface area contributed by atoms with E-state index in [1.165, 1.54) is 0 Å². The van der Waals surface area contributed by atoms with Crippen molar-refractivity contribution in [3.8, 4) is 0 Å². The molecule has 1 aliphatic rings. The number of benzene rings is 2. The summed E-state index contributed by atoms with van der Waals surface area (Å²) in [6.07, 6.45) is -0.0616. The Labute approximate surface area is 167 Å². The van der Waals surface area contributed by atoms with E-state index >= 15 is 0 Å². The average molecular weight is 403 g/mol. The number of para-hydroxylation sites is 2. The molecule has 2 aromatic rings. The summed E-state index contributed by atoms with van der Waals surface area (Å²) in [7, 11) is 1.68. The van der Waals surface area contributed by atoms with Gasteiger partial charge in [-0.1, -0.05) is 29.8 Å². The molecule has 6 nitrogen and oxygen atoms in total. The van der Waals surface area contributed by atoms with E-state index in [9.17, 15) is 9.59 Å². The lowest BCUT2D eigenvalue weighted by Gasteiger charge is -2.37. The van der Waals surface area contributed by atoms with Gasteiger partial charge in [0.05, 0.1) is 17.8 Å². The number of anilines is 3. The average Bonchev–Trinajstić information content (AvgIpc) is 2.65. The first kappa shape index (κ1) is 19.1. The van der Waals surface area contributed by atoms with E-state index in [1.807, 2.05) is 25.1 Å². The van der Waals surface area contributed by atoms with Gasteiger partial charge in [0.25, 0.3) is 0 Å². The number of nitrogens with one attached hydrogen (secondary N) is 3. The topological polar surface area (TPSA) is 73.5 Å². The van der Waals surface area contributed by atoms with Gasteiger partial charge in [-0.05, 0) is 49.0 Å². The Morgan fingerprint density at radius 1 is 1.26 bits per heavy atom. The summed E-state index contributed by atoms with van der Waals surface area (Å²) in [6.45, 7) is 1.82. The van der Waals surface area contributed by atoms with Gasteiger partial charge in [-0.2, -0.15) is 0 Å². The standard InChI is InChI=1S/C19H19ClN4O2S/c1-11-12(20)6-5-8-13(11)22-17(25)10-16-18(26)23-14-7-3-4-9-15(14)24(16)19(27)21-2/h3-9,16H,10H2,1-2H3,(H,21,27)(H,22,25)(H,23,26). The van der Waals surface area contributed by atoms with Gasteiger partial charge in [-0.25, -0.2) is 0 Å². The number of amides is 2. The van der Waals surface area contributed by atoms with Gasteiger partial charge in [0.2, 0.25) is 11.8 Å². The van der Waals surface area contributed by atoms with Crippen LogP contribution in [0.5, 0.6) is 0 Å². The van der Waals surface area contributed by atoms with Crippen LogP contribution in [0.3, 0.4) is 0 Å². The Morgan fingerprint density at radius 2 is 2.00 bits per heavy atom. The summed E-state index contributed by atoms with van der Waals surface area (Å²) in [5.41, 5.74) is 2.79. The highest BCUT2D eigenvalue weighted by Gasteiger charge is 2.36. The predicted molar refractivity (Wildman–Crippen MR) is 112 cm³/mol. The maximum Gasteiger partial charge on any atom is 0.248 e. The monoisotopic (exact) mass is 402 g/mol. The summed E-state index contributed by atoms with van der Waals surface area (Å²) in [5.74, 6) is -0.590. The molecule has 1 heterocycles. The second kappa shape index (κ2) is 7.94. The van der Waals surface area contributed by atoms with Crippen LogP contribution in [0.25, 0.3) is 0 Å². The molecule has 3 rings (SSSR count). The normalized spacial score (nSPS) is 15.6. The first-order chi connectivity index (χ1) is 12.9. The van der Waals surface area contributed by atoms with Gasteiger partial charge in [0.1, 0.15) is 6.04 Å². The number of fused-ring (bicyclic) bond motifs is 1. The number of hydrogen-bond donors (Lipinski definition) is 3. The molecule has 3 N–H and O–H groups in total. The minimum atomic E-state index is -0.764. The number of halogens is 1. The lowest BCUT2D eigenvalue weighted by Crippen LogP contribution is -2.54. The van der Waals surface area contributed by atoms with Crippen molar-refractivity contribution in [2.75, 3.05) is 22.6 Å². The smallest absolute Gasteiger partial charge is 0.248 e. The first-order valence-corrected chi connectivity index (χ1v) is 9.16. The Hall–Kier alpha value is -2.64. The summed E-state index contributed by atoms with van der Waals surface area (Å²) < 4.78 is 0. The minimum absolute atomic E-state index is 0.0616. The van der Waals surface area contributed by atoms with Crippen LogP contribution >= 0.6 is 23.8 Å². The molecule has 1 atom stereocenters. The number of carbonyl (C=O) groups excluding carboxylic acids is 2. The molecular formula is C19H19ClN4O2S. The van der Waals surface area contributed by atoms with Crippen LogP contribution in [-0.4, -0.2) is 30.0 Å². The quantitative estimate of drug-likeness (QED) is 0.687. The van der Waals surface area contributed by atoms with Crippen LogP contribution in [-0.2, 0) is 9.59 Å². The highest BCUT2D eigenvalue weighted by Crippen LogP contribution is 2.33. The van der Waals surface area contributed by atoms with Crippen molar-refractivity contribution in [3.05, 3.63) is 53.1 Å². The molecule has 27 heavy (non-hydrogen) atoms. The highest BCUT2D eigenvalue weighted by atomic mass is 35.5. The van der Waals surface area contributed by atoms with Gasteiger partial charge in [-0.15, -0.1) is 0 Å². The Balaban J connectivity index is 1.85. The molecule has 0 radical (unpaired) electrons. The first-order valence-electron chi connectivity index (χ1n) is 8.38. The van der Waals surface area contributed by atoms with Crippen molar-refractivity contribution in [1.82, 2.24) is 5.32 Å². The lowest BCUT2D eigenvalue weighted by molar-refractivity contribution is -0.122. The summed E-state index contributed by atoms with van der Waals surface area (Å²) >= 11 is 11.5. The number of nitrogens with zero attached hydrogens (tertiary/aromatic N) is 1. The number of rotatable bonds is 3.